The Hall–Kier alpha value is -9.22. The molecule has 0 fully saturated rings. The number of nitrogens with one attached hydrogen (secondary N) is 2. The summed E-state index contributed by atoms with van der Waals surface area (Å²) >= 11 is 0. The fraction of sp³-hybridized carbons (Fsp3) is 0.104. The van der Waals surface area contributed by atoms with Gasteiger partial charge in [-0.25, -0.2) is 36.3 Å². The molecule has 5 nitrogen and oxygen atoms in total. The number of benzene rings is 9. The number of halogens is 6. The van der Waals surface area contributed by atoms with Crippen molar-refractivity contribution in [2.24, 2.45) is 9.98 Å². The first kappa shape index (κ1) is 50.9. The molecule has 0 saturated heterocycles. The number of rotatable bonds is 12. The van der Waals surface area contributed by atoms with E-state index in [2.05, 4.69) is 0 Å². The van der Waals surface area contributed by atoms with E-state index >= 15 is 0 Å². The highest BCUT2D eigenvalue weighted by molar-refractivity contribution is 6.81. The molecule has 0 aliphatic heterocycles. The Balaban J connectivity index is 1.29. The minimum absolute atomic E-state index is 0.0350. The number of aliphatic imine (C=N–C) groups is 2. The molecule has 0 heterocycles. The zero-order chi connectivity index (χ0) is 54.5. The van der Waals surface area contributed by atoms with Gasteiger partial charge in [0, 0.05) is 39.7 Å². The molecule has 0 atom stereocenters. The summed E-state index contributed by atoms with van der Waals surface area (Å²) in [6, 6.07) is 46.8. The van der Waals surface area contributed by atoms with E-state index in [-0.39, 0.29) is 39.8 Å². The Bertz CT molecular complexity index is 3920. The van der Waals surface area contributed by atoms with E-state index in [0.717, 1.165) is 11.1 Å². The number of nitrogens with zero attached hydrogens (tertiary/aromatic N) is 2. The van der Waals surface area contributed by atoms with E-state index in [9.17, 15) is 42.3 Å². The second-order valence-corrected chi connectivity index (χ2v) is 19.7. The fourth-order valence-electron chi connectivity index (χ4n) is 11.2. The summed E-state index contributed by atoms with van der Waals surface area (Å²) in [5, 5.41) is 33.3. The number of phenols is 1. The molecular weight excluding hydrogens is 991 g/mol. The second kappa shape index (κ2) is 20.7. The van der Waals surface area contributed by atoms with Crippen molar-refractivity contribution in [3.8, 4) is 5.75 Å². The zero-order valence-corrected chi connectivity index (χ0v) is 42.4. The normalized spacial score (nSPS) is 14.1. The quantitative estimate of drug-likeness (QED) is 0.0825. The topological polar surface area (TPSA) is 92.7 Å². The molecule has 0 aromatic heterocycles. The van der Waals surface area contributed by atoms with Gasteiger partial charge in [0.15, 0.2) is 0 Å². The van der Waals surface area contributed by atoms with Crippen LogP contribution in [-0.2, 0) is 6.42 Å². The molecule has 0 amide bonds. The SMILES string of the molecule is CCc1cc(C(c2ccc(F)cc2)c2ccc(F)cc2)c(N=C2C=c3cccc4c3=C(C(=N)C4=N)C2=Nc2c(C)cc(C)cc2C(c2ccc(F)cc2)c2ccc(F)cc2)c(C(c2ccc(F)cc2)c2ccc(F)cc2)c1O. The molecule has 11 rings (SSSR count). The summed E-state index contributed by atoms with van der Waals surface area (Å²) in [4.78, 5) is 11.3. The Morgan fingerprint density at radius 1 is 0.474 bits per heavy atom. The Labute approximate surface area is 446 Å². The number of hydrogen-bond donors (Lipinski definition) is 3. The van der Waals surface area contributed by atoms with Crippen molar-refractivity contribution in [3.63, 3.8) is 0 Å². The van der Waals surface area contributed by atoms with Crippen molar-refractivity contribution in [1.29, 1.82) is 10.8 Å². The van der Waals surface area contributed by atoms with Gasteiger partial charge >= 0.3 is 0 Å². The third-order valence-electron chi connectivity index (χ3n) is 14.7. The standard InChI is InChI=1S/C67H48F6N4O/c1-4-38-34-54(57(41-12-24-48(70)25-13-41)42-14-26-49(71)27-15-42)65(61(67(38)78)58(43-16-28-50(72)29-17-43)44-18-30-51(73)31-19-44)76-55-35-45-6-5-7-52-59(45)60(63(75)62(52)74)66(55)77-64-37(3)32-36(2)33-53(64)56(39-8-20-46(68)21-9-39)40-10-22-47(69)23-11-40/h5-35,56-58,74-75,78H,4H2,1-3H3. The molecule has 0 radical (unpaired) electrons. The first-order chi connectivity index (χ1) is 37.6. The third-order valence-corrected chi connectivity index (χ3v) is 14.7. The van der Waals surface area contributed by atoms with Gasteiger partial charge in [-0.3, -0.25) is 10.8 Å². The van der Waals surface area contributed by atoms with Crippen molar-refractivity contribution in [1.82, 2.24) is 0 Å². The molecular formula is C67H48F6N4O. The lowest BCUT2D eigenvalue weighted by atomic mass is 9.77. The van der Waals surface area contributed by atoms with Gasteiger partial charge in [0.25, 0.3) is 0 Å². The van der Waals surface area contributed by atoms with Crippen LogP contribution in [0, 0.1) is 59.6 Å². The maximum Gasteiger partial charge on any atom is 0.125 e. The summed E-state index contributed by atoms with van der Waals surface area (Å²) in [5.41, 5.74) is 8.82. The molecule has 9 aromatic carbocycles. The van der Waals surface area contributed by atoms with Gasteiger partial charge in [-0.1, -0.05) is 116 Å². The van der Waals surface area contributed by atoms with E-state index < -0.39 is 52.7 Å². The van der Waals surface area contributed by atoms with Crippen molar-refractivity contribution in [2.45, 2.75) is 44.9 Å². The van der Waals surface area contributed by atoms with Crippen LogP contribution in [0.25, 0.3) is 11.6 Å². The van der Waals surface area contributed by atoms with Gasteiger partial charge in [0.1, 0.15) is 40.7 Å². The Morgan fingerprint density at radius 2 is 0.885 bits per heavy atom. The Morgan fingerprint density at radius 3 is 1.31 bits per heavy atom. The summed E-state index contributed by atoms with van der Waals surface area (Å²) in [6.45, 7) is 5.72. The second-order valence-electron chi connectivity index (χ2n) is 19.7. The van der Waals surface area contributed by atoms with Crippen molar-refractivity contribution in [2.75, 3.05) is 0 Å². The highest BCUT2D eigenvalue weighted by atomic mass is 19.1. The smallest absolute Gasteiger partial charge is 0.125 e. The molecule has 11 heteroatoms. The minimum atomic E-state index is -0.954. The van der Waals surface area contributed by atoms with E-state index in [1.54, 1.807) is 84.9 Å². The lowest BCUT2D eigenvalue weighted by molar-refractivity contribution is 0.460. The molecule has 0 spiro atoms. The number of hydrogen-bond acceptors (Lipinski definition) is 5. The van der Waals surface area contributed by atoms with Crippen LogP contribution in [0.2, 0.25) is 0 Å². The first-order valence-corrected chi connectivity index (χ1v) is 25.4. The third kappa shape index (κ3) is 9.46. The van der Waals surface area contributed by atoms with Crippen molar-refractivity contribution in [3.05, 3.63) is 300 Å². The lowest BCUT2D eigenvalue weighted by Gasteiger charge is -2.29. The number of aryl methyl sites for hydroxylation is 3. The summed E-state index contributed by atoms with van der Waals surface area (Å²) in [6.07, 6.45) is 2.12. The molecule has 0 bridgehead atoms. The lowest BCUT2D eigenvalue weighted by Crippen LogP contribution is -2.38. The zero-order valence-electron chi connectivity index (χ0n) is 42.4. The summed E-state index contributed by atoms with van der Waals surface area (Å²) in [7, 11) is 0. The van der Waals surface area contributed by atoms with Crippen molar-refractivity contribution >= 4 is 45.9 Å². The molecule has 2 aliphatic rings. The Kier molecular flexibility index (Phi) is 13.5. The van der Waals surface area contributed by atoms with Gasteiger partial charge in [-0.15, -0.1) is 0 Å². The molecule has 384 valence electrons. The van der Waals surface area contributed by atoms with Crippen LogP contribution in [0.3, 0.4) is 0 Å². The summed E-state index contributed by atoms with van der Waals surface area (Å²) in [5.74, 6) is -5.44. The van der Waals surface area contributed by atoms with Crippen LogP contribution in [0.5, 0.6) is 5.75 Å². The predicted molar refractivity (Wildman–Crippen MR) is 297 cm³/mol. The van der Waals surface area contributed by atoms with Gasteiger partial charge in [-0.2, -0.15) is 0 Å². The molecule has 9 aromatic rings. The van der Waals surface area contributed by atoms with Crippen LogP contribution >= 0.6 is 0 Å². The molecule has 3 N–H and O–H groups in total. The maximum absolute atomic E-state index is 15.0. The number of aromatic hydroxyl groups is 1. The summed E-state index contributed by atoms with van der Waals surface area (Å²) < 4.78 is 89.2. The molecule has 2 aliphatic carbocycles. The van der Waals surface area contributed by atoms with Crippen LogP contribution in [-0.4, -0.2) is 28.0 Å². The van der Waals surface area contributed by atoms with E-state index in [1.165, 1.54) is 72.8 Å². The molecule has 0 saturated carbocycles. The van der Waals surface area contributed by atoms with Gasteiger partial charge < -0.3 is 5.11 Å². The van der Waals surface area contributed by atoms with Crippen LogP contribution in [0.1, 0.15) is 97.0 Å². The van der Waals surface area contributed by atoms with Crippen LogP contribution in [0.4, 0.5) is 37.7 Å². The average Bonchev–Trinajstić information content (AvgIpc) is 3.94. The highest BCUT2D eigenvalue weighted by Crippen LogP contribution is 2.51. The number of phenolic OH excluding ortho intramolecular Hbond substituents is 1. The monoisotopic (exact) mass is 1040 g/mol. The van der Waals surface area contributed by atoms with E-state index in [0.29, 0.717) is 83.8 Å². The highest BCUT2D eigenvalue weighted by Gasteiger charge is 2.36. The van der Waals surface area contributed by atoms with Crippen LogP contribution < -0.4 is 10.4 Å². The van der Waals surface area contributed by atoms with Gasteiger partial charge in [0.05, 0.1) is 34.2 Å². The fourth-order valence-corrected chi connectivity index (χ4v) is 11.2. The predicted octanol–water partition coefficient (Wildman–Crippen LogP) is 14.8. The van der Waals surface area contributed by atoms with Crippen molar-refractivity contribution < 1.29 is 31.4 Å². The minimum Gasteiger partial charge on any atom is -0.507 e. The molecule has 78 heavy (non-hydrogen) atoms. The van der Waals surface area contributed by atoms with E-state index in [1.807, 2.05) is 51.1 Å². The molecule has 0 unspecified atom stereocenters. The average molecular weight is 1040 g/mol. The maximum atomic E-state index is 15.0. The first-order valence-electron chi connectivity index (χ1n) is 25.4. The van der Waals surface area contributed by atoms with Crippen LogP contribution in [0.15, 0.2) is 192 Å². The van der Waals surface area contributed by atoms with Gasteiger partial charge in [0.2, 0.25) is 0 Å². The largest absolute Gasteiger partial charge is 0.507 e. The van der Waals surface area contributed by atoms with Gasteiger partial charge in [-0.05, 0) is 166 Å². The van der Waals surface area contributed by atoms with E-state index in [4.69, 9.17) is 9.98 Å².